The van der Waals surface area contributed by atoms with Crippen LogP contribution in [0.1, 0.15) is 136 Å². The fourth-order valence-electron chi connectivity index (χ4n) is 5.57. The number of hydrogen-bond acceptors (Lipinski definition) is 6. The average molecular weight is 696 g/mol. The van der Waals surface area contributed by atoms with E-state index >= 15 is 0 Å². The minimum absolute atomic E-state index is 0.110. The minimum atomic E-state index is -0.110. The van der Waals surface area contributed by atoms with E-state index in [1.54, 1.807) is 30.0 Å². The van der Waals surface area contributed by atoms with Gasteiger partial charge in [0.1, 0.15) is 4.88 Å². The van der Waals surface area contributed by atoms with Gasteiger partial charge < -0.3 is 15.1 Å². The van der Waals surface area contributed by atoms with Crippen molar-refractivity contribution in [3.8, 4) is 0 Å². The van der Waals surface area contributed by atoms with Crippen LogP contribution in [0.15, 0.2) is 34.2 Å². The molecular weight excluding hydrogens is 633 g/mol. The number of aromatic nitrogens is 1. The molecule has 0 saturated carbocycles. The van der Waals surface area contributed by atoms with Crippen LogP contribution in [-0.4, -0.2) is 65.6 Å². The van der Waals surface area contributed by atoms with E-state index in [9.17, 15) is 4.79 Å². The normalized spacial score (nSPS) is 13.7. The number of unbranched alkanes of at least 4 members (excludes halogenated alkanes) is 6. The van der Waals surface area contributed by atoms with Crippen molar-refractivity contribution >= 4 is 62.6 Å². The van der Waals surface area contributed by atoms with Crippen molar-refractivity contribution in [2.24, 2.45) is 4.99 Å². The number of amidine groups is 1. The van der Waals surface area contributed by atoms with Gasteiger partial charge in [-0.05, 0) is 67.3 Å². The molecule has 0 fully saturated rings. The molecule has 1 N–H and O–H groups in total. The zero-order valence-electron chi connectivity index (χ0n) is 31.1. The summed E-state index contributed by atoms with van der Waals surface area (Å²) in [5.41, 5.74) is 3.38. The van der Waals surface area contributed by atoms with Gasteiger partial charge >= 0.3 is 5.17 Å². The fraction of sp³-hybridized carbons (Fsp3) is 0.641. The maximum atomic E-state index is 12.5. The van der Waals surface area contributed by atoms with Crippen molar-refractivity contribution in [2.75, 3.05) is 54.4 Å². The number of rotatable bonds is 23. The average Bonchev–Trinajstić information content (AvgIpc) is 3.69. The predicted molar refractivity (Wildman–Crippen MR) is 214 cm³/mol. The van der Waals surface area contributed by atoms with Crippen molar-refractivity contribution in [3.63, 3.8) is 0 Å². The van der Waals surface area contributed by atoms with E-state index in [4.69, 9.17) is 9.98 Å². The van der Waals surface area contributed by atoms with E-state index in [0.717, 1.165) is 122 Å². The molecule has 1 aliphatic rings. The van der Waals surface area contributed by atoms with Gasteiger partial charge in [0, 0.05) is 50.6 Å². The van der Waals surface area contributed by atoms with Gasteiger partial charge in [0.2, 0.25) is 11.6 Å². The summed E-state index contributed by atoms with van der Waals surface area (Å²) in [6, 6.07) is 9.06. The third kappa shape index (κ3) is 12.3. The van der Waals surface area contributed by atoms with Crippen LogP contribution < -0.4 is 15.1 Å². The Balaban J connectivity index is 2.13. The first-order valence-corrected chi connectivity index (χ1v) is 20.5. The third-order valence-electron chi connectivity index (χ3n) is 8.55. The maximum Gasteiger partial charge on any atom is 0.360 e. The lowest BCUT2D eigenvalue weighted by Gasteiger charge is -2.24. The lowest BCUT2D eigenvalue weighted by Crippen LogP contribution is -2.25. The van der Waals surface area contributed by atoms with E-state index in [1.807, 2.05) is 0 Å². The van der Waals surface area contributed by atoms with E-state index < -0.39 is 0 Å². The van der Waals surface area contributed by atoms with Crippen LogP contribution in [0.5, 0.6) is 0 Å². The zero-order valence-corrected chi connectivity index (χ0v) is 32.7. The molecule has 0 unspecified atom stereocenters. The Morgan fingerprint density at radius 3 is 1.79 bits per heavy atom. The first kappa shape index (κ1) is 39.8. The van der Waals surface area contributed by atoms with E-state index in [0.29, 0.717) is 5.82 Å². The van der Waals surface area contributed by atoms with Gasteiger partial charge in [0.15, 0.2) is 10.9 Å². The second-order valence-electron chi connectivity index (χ2n) is 12.9. The molecule has 0 aliphatic carbocycles. The van der Waals surface area contributed by atoms with Gasteiger partial charge in [-0.3, -0.25) is 9.37 Å². The summed E-state index contributed by atoms with van der Waals surface area (Å²) < 4.78 is 2.47. The number of nitrogens with one attached hydrogen (secondary N) is 1. The molecule has 1 aromatic heterocycles. The van der Waals surface area contributed by atoms with Crippen molar-refractivity contribution in [1.29, 1.82) is 0 Å². The quantitative estimate of drug-likeness (QED) is 0.117. The summed E-state index contributed by atoms with van der Waals surface area (Å²) in [5, 5.41) is 5.10. The van der Waals surface area contributed by atoms with Crippen LogP contribution in [0.25, 0.3) is 6.08 Å². The molecule has 2 heterocycles. The molecule has 0 radical (unpaired) electrons. The third-order valence-corrected chi connectivity index (χ3v) is 10.7. The fourth-order valence-corrected chi connectivity index (χ4v) is 7.80. The first-order valence-electron chi connectivity index (χ1n) is 18.9. The number of carbonyl (C=O) groups excluding carboxylic acids is 1. The van der Waals surface area contributed by atoms with Crippen LogP contribution in [0, 0.1) is 0 Å². The molecule has 48 heavy (non-hydrogen) atoms. The van der Waals surface area contributed by atoms with E-state index in [-0.39, 0.29) is 5.91 Å². The van der Waals surface area contributed by atoms with Gasteiger partial charge in [-0.1, -0.05) is 104 Å². The second kappa shape index (κ2) is 22.1. The van der Waals surface area contributed by atoms with Gasteiger partial charge in [-0.15, -0.1) is 0 Å². The summed E-state index contributed by atoms with van der Waals surface area (Å²) >= 11 is 3.43. The lowest BCUT2D eigenvalue weighted by molar-refractivity contribution is -0.527. The summed E-state index contributed by atoms with van der Waals surface area (Å²) in [6.07, 6.45) is 16.2. The number of nitrogens with zero attached hydrogens (tertiary/aromatic N) is 5. The Morgan fingerprint density at radius 2 is 1.29 bits per heavy atom. The molecule has 1 aliphatic heterocycles. The Kier molecular flexibility index (Phi) is 18.4. The van der Waals surface area contributed by atoms with E-state index in [2.05, 4.69) is 91.6 Å². The highest BCUT2D eigenvalue weighted by Gasteiger charge is 2.36. The molecule has 0 spiro atoms. The summed E-state index contributed by atoms with van der Waals surface area (Å²) in [5.74, 6) is 0.514. The Morgan fingerprint density at radius 1 is 0.771 bits per heavy atom. The highest BCUT2D eigenvalue weighted by Crippen LogP contribution is 2.40. The van der Waals surface area contributed by atoms with Gasteiger partial charge in [-0.2, -0.15) is 0 Å². The number of thioether (sulfide) groups is 1. The van der Waals surface area contributed by atoms with Crippen molar-refractivity contribution in [3.05, 3.63) is 39.6 Å². The molecule has 9 heteroatoms. The molecule has 0 bridgehead atoms. The van der Waals surface area contributed by atoms with E-state index in [1.165, 1.54) is 31.4 Å². The largest absolute Gasteiger partial charge is 0.372 e. The number of amides is 1. The molecule has 2 aromatic rings. The second-order valence-corrected chi connectivity index (χ2v) is 14.9. The zero-order chi connectivity index (χ0) is 34.7. The summed E-state index contributed by atoms with van der Waals surface area (Å²) in [6.45, 7) is 21.2. The Hall–Kier alpha value is -2.65. The first-order chi connectivity index (χ1) is 23.4. The van der Waals surface area contributed by atoms with Gasteiger partial charge in [0.25, 0.3) is 0 Å². The van der Waals surface area contributed by atoms with Crippen molar-refractivity contribution < 1.29 is 9.37 Å². The predicted octanol–water partition coefficient (Wildman–Crippen LogP) is 10.5. The molecule has 3 rings (SSSR count). The number of carbonyl (C=O) groups is 1. The molecule has 0 saturated heterocycles. The SMILES string of the molecule is CCCCN(CCCC)c1ccc(/C=C2\SC(=[N+](CCCC)CCCC)N=C2c2sc(N(CCCC)CCCC)nc2NC(C)=O)cc1. The van der Waals surface area contributed by atoms with Gasteiger partial charge in [0.05, 0.1) is 18.0 Å². The molecule has 7 nitrogen and oxygen atoms in total. The standard InChI is InChI=1S/C39H62N6OS2/c1-8-14-24-43(25-15-9-2)33-22-20-32(21-23-33)30-34-35(41-38(47-34)44(26-16-10-3)27-17-11-4)36-37(40-31(7)46)42-39(48-36)45(28-18-12-5)29-19-13-6/h20-23,30H,8-19,24-29H2,1-7H3/p+1/b34-30-. The number of aliphatic imine (C=N–C) groups is 1. The van der Waals surface area contributed by atoms with Crippen LogP contribution in [0.2, 0.25) is 0 Å². The van der Waals surface area contributed by atoms with Gasteiger partial charge in [-0.25, -0.2) is 4.98 Å². The minimum Gasteiger partial charge on any atom is -0.372 e. The highest BCUT2D eigenvalue weighted by atomic mass is 32.2. The molecular formula is C39H63N6OS2+. The van der Waals surface area contributed by atoms with Crippen LogP contribution >= 0.6 is 23.1 Å². The van der Waals surface area contributed by atoms with Crippen LogP contribution in [-0.2, 0) is 4.79 Å². The number of allylic oxidation sites excluding steroid dienone is 1. The summed E-state index contributed by atoms with van der Waals surface area (Å²) in [4.78, 5) is 29.9. The Labute approximate surface area is 300 Å². The monoisotopic (exact) mass is 695 g/mol. The molecule has 1 amide bonds. The van der Waals surface area contributed by atoms with Crippen molar-refractivity contribution in [1.82, 2.24) is 4.98 Å². The molecule has 1 aromatic carbocycles. The smallest absolute Gasteiger partial charge is 0.360 e. The Bertz CT molecular complexity index is 1320. The topological polar surface area (TPSA) is 63.8 Å². The van der Waals surface area contributed by atoms with Crippen LogP contribution in [0.4, 0.5) is 16.6 Å². The van der Waals surface area contributed by atoms with Crippen LogP contribution in [0.3, 0.4) is 0 Å². The highest BCUT2D eigenvalue weighted by molar-refractivity contribution is 8.18. The maximum absolute atomic E-state index is 12.5. The number of benzene rings is 1. The lowest BCUT2D eigenvalue weighted by atomic mass is 10.1. The molecule has 266 valence electrons. The number of anilines is 3. The van der Waals surface area contributed by atoms with Crippen molar-refractivity contribution in [2.45, 2.75) is 126 Å². The number of hydrogen-bond donors (Lipinski definition) is 1. The molecule has 0 atom stereocenters. The summed E-state index contributed by atoms with van der Waals surface area (Å²) in [7, 11) is 0. The number of thiazole rings is 1.